The highest BCUT2D eigenvalue weighted by Crippen LogP contribution is 2.34. The van der Waals surface area contributed by atoms with Crippen LogP contribution in [0.3, 0.4) is 0 Å². The molecule has 0 saturated heterocycles. The third-order valence-corrected chi connectivity index (χ3v) is 4.29. The number of methoxy groups -OCH3 is 1. The summed E-state index contributed by atoms with van der Waals surface area (Å²) in [6.45, 7) is 8.25. The quantitative estimate of drug-likeness (QED) is 0.819. The van der Waals surface area contributed by atoms with E-state index in [9.17, 15) is 4.79 Å². The van der Waals surface area contributed by atoms with Crippen molar-refractivity contribution in [2.75, 3.05) is 25.2 Å². The van der Waals surface area contributed by atoms with Crippen molar-refractivity contribution in [1.82, 2.24) is 9.97 Å². The highest BCUT2D eigenvalue weighted by Gasteiger charge is 2.26. The third-order valence-electron chi connectivity index (χ3n) is 3.06. The molecule has 0 aliphatic heterocycles. The Morgan fingerprint density at radius 1 is 1.38 bits per heavy atom. The predicted octanol–water partition coefficient (Wildman–Crippen LogP) is 3.90. The first-order chi connectivity index (χ1) is 11.3. The summed E-state index contributed by atoms with van der Waals surface area (Å²) in [5, 5.41) is 1.58. The van der Waals surface area contributed by atoms with E-state index in [4.69, 9.17) is 9.47 Å². The number of nitrogens with zero attached hydrogens (tertiary/aromatic N) is 3. The highest BCUT2D eigenvalue weighted by atomic mass is 32.1. The lowest BCUT2D eigenvalue weighted by Crippen LogP contribution is -2.38. The summed E-state index contributed by atoms with van der Waals surface area (Å²) in [7, 11) is 1.61. The molecule has 2 aromatic rings. The fourth-order valence-electron chi connectivity index (χ4n) is 2.03. The number of hydrogen-bond acceptors (Lipinski definition) is 6. The van der Waals surface area contributed by atoms with Gasteiger partial charge in [-0.3, -0.25) is 9.88 Å². The smallest absolute Gasteiger partial charge is 0.415 e. The molecule has 0 bridgehead atoms. The molecule has 6 nitrogen and oxygen atoms in total. The van der Waals surface area contributed by atoms with Gasteiger partial charge < -0.3 is 9.47 Å². The summed E-state index contributed by atoms with van der Waals surface area (Å²) >= 11 is 1.44. The lowest BCUT2D eigenvalue weighted by Gasteiger charge is -2.26. The number of ether oxygens (including phenoxy) is 2. The third kappa shape index (κ3) is 4.75. The zero-order valence-electron chi connectivity index (χ0n) is 14.7. The van der Waals surface area contributed by atoms with E-state index in [1.54, 1.807) is 24.4 Å². The van der Waals surface area contributed by atoms with E-state index in [1.807, 2.05) is 39.8 Å². The van der Waals surface area contributed by atoms with Gasteiger partial charge in [-0.25, -0.2) is 9.78 Å². The van der Waals surface area contributed by atoms with Crippen LogP contribution in [0.1, 0.15) is 26.5 Å². The molecule has 0 aromatic carbocycles. The maximum atomic E-state index is 12.6. The Labute approximate surface area is 146 Å². The molecule has 2 rings (SSSR count). The molecule has 0 saturated carbocycles. The minimum absolute atomic E-state index is 0.399. The zero-order chi connectivity index (χ0) is 17.7. The molecule has 0 N–H and O–H groups in total. The molecule has 0 atom stereocenters. The van der Waals surface area contributed by atoms with E-state index in [-0.39, 0.29) is 0 Å². The zero-order valence-corrected chi connectivity index (χ0v) is 15.5. The van der Waals surface area contributed by atoms with Crippen LogP contribution in [0.4, 0.5) is 9.80 Å². The number of hydrogen-bond donors (Lipinski definition) is 0. The van der Waals surface area contributed by atoms with Gasteiger partial charge in [-0.1, -0.05) is 11.3 Å². The first-order valence-electron chi connectivity index (χ1n) is 7.69. The summed E-state index contributed by atoms with van der Waals surface area (Å²) in [5.74, 6) is 0. The maximum absolute atomic E-state index is 12.6. The predicted molar refractivity (Wildman–Crippen MR) is 95.5 cm³/mol. The van der Waals surface area contributed by atoms with Crippen molar-refractivity contribution in [2.45, 2.75) is 33.3 Å². The standard InChI is InChI=1S/C17H23N3O3S/c1-12-15(24-14(19-12)13-7-6-8-18-11-13)20(9-10-22-5)16(21)23-17(2,3)4/h6-8,11H,9-10H2,1-5H3. The van der Waals surface area contributed by atoms with Gasteiger partial charge in [0.2, 0.25) is 0 Å². The number of thiazole rings is 1. The van der Waals surface area contributed by atoms with Crippen LogP contribution in [0.25, 0.3) is 10.6 Å². The van der Waals surface area contributed by atoms with Gasteiger partial charge in [0.25, 0.3) is 0 Å². The molecular formula is C17H23N3O3S. The van der Waals surface area contributed by atoms with Crippen molar-refractivity contribution in [3.63, 3.8) is 0 Å². The maximum Gasteiger partial charge on any atom is 0.415 e. The Hall–Kier alpha value is -1.99. The Kier molecular flexibility index (Phi) is 5.90. The van der Waals surface area contributed by atoms with Gasteiger partial charge in [0.15, 0.2) is 0 Å². The van der Waals surface area contributed by atoms with Gasteiger partial charge in [0.05, 0.1) is 18.8 Å². The second-order valence-corrected chi connectivity index (χ2v) is 7.25. The number of amides is 1. The van der Waals surface area contributed by atoms with E-state index in [0.29, 0.717) is 13.2 Å². The fourth-order valence-corrected chi connectivity index (χ4v) is 3.10. The molecule has 0 fully saturated rings. The average Bonchev–Trinajstić information content (AvgIpc) is 2.89. The van der Waals surface area contributed by atoms with Crippen molar-refractivity contribution >= 4 is 22.4 Å². The molecule has 0 aliphatic carbocycles. The average molecular weight is 349 g/mol. The molecule has 2 aromatic heterocycles. The molecular weight excluding hydrogens is 326 g/mol. The molecule has 0 radical (unpaired) electrons. The van der Waals surface area contributed by atoms with E-state index < -0.39 is 11.7 Å². The molecule has 0 spiro atoms. The number of rotatable bonds is 5. The molecule has 130 valence electrons. The number of aromatic nitrogens is 2. The minimum atomic E-state index is -0.562. The van der Waals surface area contributed by atoms with Crippen LogP contribution in [0.2, 0.25) is 0 Å². The number of pyridine rings is 1. The van der Waals surface area contributed by atoms with Crippen LogP contribution < -0.4 is 4.90 Å². The van der Waals surface area contributed by atoms with Crippen molar-refractivity contribution in [1.29, 1.82) is 0 Å². The normalized spacial score (nSPS) is 11.4. The van der Waals surface area contributed by atoms with Crippen molar-refractivity contribution in [3.8, 4) is 10.6 Å². The molecule has 2 heterocycles. The summed E-state index contributed by atoms with van der Waals surface area (Å²) in [6.07, 6.45) is 3.08. The van der Waals surface area contributed by atoms with Gasteiger partial charge in [0, 0.05) is 25.1 Å². The van der Waals surface area contributed by atoms with Crippen molar-refractivity contribution < 1.29 is 14.3 Å². The van der Waals surface area contributed by atoms with Gasteiger partial charge in [-0.15, -0.1) is 0 Å². The van der Waals surface area contributed by atoms with Gasteiger partial charge in [-0.2, -0.15) is 0 Å². The fraction of sp³-hybridized carbons (Fsp3) is 0.471. The van der Waals surface area contributed by atoms with E-state index in [1.165, 1.54) is 11.3 Å². The number of anilines is 1. The molecule has 0 unspecified atom stereocenters. The lowest BCUT2D eigenvalue weighted by molar-refractivity contribution is 0.0570. The number of carbonyl (C=O) groups is 1. The number of carbonyl (C=O) groups excluding carboxylic acids is 1. The molecule has 1 amide bonds. The molecule has 0 aliphatic rings. The molecule has 7 heteroatoms. The van der Waals surface area contributed by atoms with E-state index in [2.05, 4.69) is 9.97 Å². The summed E-state index contributed by atoms with van der Waals surface area (Å²) in [6, 6.07) is 3.81. The van der Waals surface area contributed by atoms with Crippen LogP contribution >= 0.6 is 11.3 Å². The summed E-state index contributed by atoms with van der Waals surface area (Å²) in [5.41, 5.74) is 1.14. The summed E-state index contributed by atoms with van der Waals surface area (Å²) < 4.78 is 10.6. The first kappa shape index (κ1) is 18.4. The minimum Gasteiger partial charge on any atom is -0.443 e. The van der Waals surface area contributed by atoms with Crippen LogP contribution in [-0.4, -0.2) is 41.9 Å². The van der Waals surface area contributed by atoms with Gasteiger partial charge >= 0.3 is 6.09 Å². The monoisotopic (exact) mass is 349 g/mol. The Morgan fingerprint density at radius 2 is 2.12 bits per heavy atom. The lowest BCUT2D eigenvalue weighted by atomic mass is 10.2. The van der Waals surface area contributed by atoms with E-state index >= 15 is 0 Å². The van der Waals surface area contributed by atoms with Gasteiger partial charge in [0.1, 0.15) is 15.6 Å². The van der Waals surface area contributed by atoms with E-state index in [0.717, 1.165) is 21.3 Å². The Bertz CT molecular complexity index is 680. The molecule has 24 heavy (non-hydrogen) atoms. The highest BCUT2D eigenvalue weighted by molar-refractivity contribution is 7.19. The Balaban J connectivity index is 2.32. The second kappa shape index (κ2) is 7.72. The SMILES string of the molecule is COCCN(C(=O)OC(C)(C)C)c1sc(-c2cccnc2)nc1C. The largest absolute Gasteiger partial charge is 0.443 e. The van der Waals surface area contributed by atoms with Crippen LogP contribution in [-0.2, 0) is 9.47 Å². The van der Waals surface area contributed by atoms with Crippen molar-refractivity contribution in [2.24, 2.45) is 0 Å². The number of aryl methyl sites for hydroxylation is 1. The first-order valence-corrected chi connectivity index (χ1v) is 8.51. The van der Waals surface area contributed by atoms with Gasteiger partial charge in [-0.05, 0) is 39.8 Å². The topological polar surface area (TPSA) is 64.5 Å². The summed E-state index contributed by atoms with van der Waals surface area (Å²) in [4.78, 5) is 22.9. The van der Waals surface area contributed by atoms with Crippen LogP contribution in [0, 0.1) is 6.92 Å². The Morgan fingerprint density at radius 3 is 2.71 bits per heavy atom. The van der Waals surface area contributed by atoms with Crippen molar-refractivity contribution in [3.05, 3.63) is 30.2 Å². The second-order valence-electron chi connectivity index (χ2n) is 6.28. The van der Waals surface area contributed by atoms with Crippen LogP contribution in [0.5, 0.6) is 0 Å². The van der Waals surface area contributed by atoms with Crippen LogP contribution in [0.15, 0.2) is 24.5 Å².